The van der Waals surface area contributed by atoms with Crippen molar-refractivity contribution in [3.05, 3.63) is 59.7 Å². The molecule has 2 aliphatic heterocycles. The van der Waals surface area contributed by atoms with Gasteiger partial charge in [0.05, 0.1) is 5.56 Å². The number of amides is 3. The number of hydrogen-bond acceptors (Lipinski definition) is 11. The lowest BCUT2D eigenvalue weighted by Gasteiger charge is -2.40. The minimum atomic E-state index is -1.80. The second kappa shape index (κ2) is 10.4. The molecule has 0 spiro atoms. The number of aliphatic hydroxyl groups is 3. The molecule has 0 aromatic heterocycles. The Morgan fingerprint density at radius 1 is 1.00 bits per heavy atom. The highest BCUT2D eigenvalue weighted by Crippen LogP contribution is 2.46. The van der Waals surface area contributed by atoms with Gasteiger partial charge in [0.15, 0.2) is 11.5 Å². The lowest BCUT2D eigenvalue weighted by atomic mass is 9.90. The van der Waals surface area contributed by atoms with E-state index in [9.17, 15) is 34.8 Å². The molecule has 2 aliphatic rings. The largest absolute Gasteiger partial charge is 0.504 e. The van der Waals surface area contributed by atoms with Crippen LogP contribution in [0.15, 0.2) is 48.5 Å². The number of cyclic esters (lactones) is 1. The Bertz CT molecular complexity index is 1450. The molecule has 204 valence electrons. The molecular weight excluding hydrogens is 516 g/mol. The van der Waals surface area contributed by atoms with Crippen LogP contribution in [0, 0.1) is 0 Å². The van der Waals surface area contributed by atoms with E-state index >= 15 is 0 Å². The lowest BCUT2D eigenvalue weighted by Crippen LogP contribution is -2.60. The number of carbonyl (C=O) groups excluding carboxylic acids is 3. The van der Waals surface area contributed by atoms with Crippen LogP contribution in [0.2, 0.25) is 0 Å². The van der Waals surface area contributed by atoms with Crippen LogP contribution in [-0.2, 0) is 20.8 Å². The van der Waals surface area contributed by atoms with Crippen molar-refractivity contribution in [2.75, 3.05) is 6.61 Å². The van der Waals surface area contributed by atoms with Gasteiger partial charge >= 0.3 is 18.1 Å². The van der Waals surface area contributed by atoms with E-state index in [0.717, 1.165) is 5.56 Å². The summed E-state index contributed by atoms with van der Waals surface area (Å²) in [5, 5.41) is 44.9. The standard InChI is InChI=1S/C26H24N2O11/c27-25(34)28-26(35)37-10-16-19(30)20(31)21(32)24(38-16)39-22-15(29)8-12-9-36-23(33)14-7-6-13(18(22)17(12)14)11-4-2-1-3-5-11/h1-8,16,19-21,24,29-32H,9-10H2,(H3,27,28,34,35). The van der Waals surface area contributed by atoms with E-state index in [0.29, 0.717) is 21.9 Å². The molecule has 1 fully saturated rings. The molecule has 5 rings (SSSR count). The minimum Gasteiger partial charge on any atom is -0.504 e. The highest BCUT2D eigenvalue weighted by atomic mass is 16.7. The highest BCUT2D eigenvalue weighted by molar-refractivity contribution is 6.14. The Hall–Kier alpha value is -4.43. The van der Waals surface area contributed by atoms with Crippen molar-refractivity contribution in [1.29, 1.82) is 0 Å². The number of alkyl carbamates (subject to hydrolysis) is 1. The zero-order chi connectivity index (χ0) is 27.8. The first-order valence-electron chi connectivity index (χ1n) is 11.8. The number of primary amides is 1. The number of hydrogen-bond donors (Lipinski definition) is 6. The van der Waals surface area contributed by atoms with Gasteiger partial charge in [0.1, 0.15) is 37.6 Å². The number of rotatable bonds is 5. The van der Waals surface area contributed by atoms with Gasteiger partial charge in [-0.15, -0.1) is 0 Å². The summed E-state index contributed by atoms with van der Waals surface area (Å²) in [6, 6.07) is 12.6. The van der Waals surface area contributed by atoms with Crippen LogP contribution in [-0.4, -0.2) is 75.8 Å². The van der Waals surface area contributed by atoms with Gasteiger partial charge in [-0.3, -0.25) is 0 Å². The summed E-state index contributed by atoms with van der Waals surface area (Å²) < 4.78 is 21.6. The fourth-order valence-corrected chi connectivity index (χ4v) is 4.65. The van der Waals surface area contributed by atoms with E-state index in [1.54, 1.807) is 17.4 Å². The molecule has 0 bridgehead atoms. The summed E-state index contributed by atoms with van der Waals surface area (Å²) in [5.41, 5.74) is 6.94. The Labute approximate surface area is 220 Å². The molecule has 39 heavy (non-hydrogen) atoms. The van der Waals surface area contributed by atoms with Crippen molar-refractivity contribution in [1.82, 2.24) is 5.32 Å². The molecule has 2 heterocycles. The summed E-state index contributed by atoms with van der Waals surface area (Å²) in [5.74, 6) is -1.10. The van der Waals surface area contributed by atoms with Crippen LogP contribution in [0.25, 0.3) is 21.9 Å². The summed E-state index contributed by atoms with van der Waals surface area (Å²) >= 11 is 0. The summed E-state index contributed by atoms with van der Waals surface area (Å²) in [4.78, 5) is 35.0. The first-order valence-corrected chi connectivity index (χ1v) is 11.8. The van der Waals surface area contributed by atoms with Crippen molar-refractivity contribution >= 4 is 28.9 Å². The number of nitrogens with two attached hydrogens (primary N) is 1. The maximum Gasteiger partial charge on any atom is 0.415 e. The predicted octanol–water partition coefficient (Wildman–Crippen LogP) is 0.874. The average Bonchev–Trinajstić information content (AvgIpc) is 2.91. The van der Waals surface area contributed by atoms with Gasteiger partial charge in [-0.25, -0.2) is 19.7 Å². The second-order valence-corrected chi connectivity index (χ2v) is 8.96. The first-order chi connectivity index (χ1) is 18.7. The molecule has 3 aromatic rings. The number of phenolic OH excluding ortho intramolecular Hbond substituents is 1. The molecule has 0 radical (unpaired) electrons. The van der Waals surface area contributed by atoms with E-state index in [4.69, 9.17) is 24.7 Å². The van der Waals surface area contributed by atoms with E-state index in [2.05, 4.69) is 0 Å². The molecule has 5 unspecified atom stereocenters. The van der Waals surface area contributed by atoms with Crippen molar-refractivity contribution in [3.63, 3.8) is 0 Å². The topological polar surface area (TPSA) is 207 Å². The SMILES string of the molecule is NC(=O)NC(=O)OCC1OC(Oc2c(O)cc3c4c(ccc(-c5ccccc5)c24)C(=O)OC3)C(O)C(O)C1O. The van der Waals surface area contributed by atoms with Crippen molar-refractivity contribution in [3.8, 4) is 22.6 Å². The number of ether oxygens (including phenoxy) is 4. The van der Waals surface area contributed by atoms with Crippen LogP contribution < -0.4 is 15.8 Å². The zero-order valence-corrected chi connectivity index (χ0v) is 20.1. The van der Waals surface area contributed by atoms with Crippen molar-refractivity contribution in [2.24, 2.45) is 5.73 Å². The number of aromatic hydroxyl groups is 1. The molecular formula is C26H24N2O11. The van der Waals surface area contributed by atoms with Crippen LogP contribution in [0.5, 0.6) is 11.5 Å². The monoisotopic (exact) mass is 540 g/mol. The normalized spacial score (nSPS) is 24.1. The van der Waals surface area contributed by atoms with Crippen molar-refractivity contribution < 1.29 is 53.8 Å². The molecule has 3 aromatic carbocycles. The van der Waals surface area contributed by atoms with Crippen LogP contribution in [0.3, 0.4) is 0 Å². The minimum absolute atomic E-state index is 0.0886. The van der Waals surface area contributed by atoms with Gasteiger partial charge in [0.2, 0.25) is 6.29 Å². The Morgan fingerprint density at radius 3 is 2.44 bits per heavy atom. The van der Waals surface area contributed by atoms with E-state index in [-0.39, 0.29) is 23.7 Å². The van der Waals surface area contributed by atoms with Gasteiger partial charge in [0.25, 0.3) is 0 Å². The average molecular weight is 540 g/mol. The third-order valence-electron chi connectivity index (χ3n) is 6.47. The lowest BCUT2D eigenvalue weighted by molar-refractivity contribution is -0.277. The fraction of sp³-hybridized carbons (Fsp3) is 0.269. The van der Waals surface area contributed by atoms with E-state index in [1.165, 1.54) is 6.07 Å². The molecule has 0 aliphatic carbocycles. The summed E-state index contributed by atoms with van der Waals surface area (Å²) in [7, 11) is 0. The predicted molar refractivity (Wildman–Crippen MR) is 132 cm³/mol. The van der Waals surface area contributed by atoms with Gasteiger partial charge in [-0.2, -0.15) is 0 Å². The number of phenols is 1. The Morgan fingerprint density at radius 2 is 1.72 bits per heavy atom. The number of imide groups is 1. The highest BCUT2D eigenvalue weighted by Gasteiger charge is 2.46. The molecule has 0 saturated carbocycles. The number of urea groups is 1. The molecule has 1 saturated heterocycles. The van der Waals surface area contributed by atoms with Crippen molar-refractivity contribution in [2.45, 2.75) is 37.3 Å². The van der Waals surface area contributed by atoms with Crippen LogP contribution in [0.1, 0.15) is 15.9 Å². The summed E-state index contributed by atoms with van der Waals surface area (Å²) in [6.07, 6.45) is -9.61. The second-order valence-electron chi connectivity index (χ2n) is 8.96. The number of benzene rings is 3. The number of nitrogens with one attached hydrogen (secondary N) is 1. The fourth-order valence-electron chi connectivity index (χ4n) is 4.65. The number of carbonyl (C=O) groups is 3. The van der Waals surface area contributed by atoms with Gasteiger partial charge < -0.3 is 45.1 Å². The molecule has 5 atom stereocenters. The molecule has 3 amide bonds. The summed E-state index contributed by atoms with van der Waals surface area (Å²) in [6.45, 7) is -0.741. The first kappa shape index (κ1) is 26.2. The smallest absolute Gasteiger partial charge is 0.415 e. The Balaban J connectivity index is 1.55. The number of esters is 1. The Kier molecular flexibility index (Phi) is 6.97. The third kappa shape index (κ3) is 4.91. The number of aliphatic hydroxyl groups excluding tert-OH is 3. The zero-order valence-electron chi connectivity index (χ0n) is 20.1. The third-order valence-corrected chi connectivity index (χ3v) is 6.47. The van der Waals surface area contributed by atoms with Gasteiger partial charge in [0, 0.05) is 16.3 Å². The van der Waals surface area contributed by atoms with Crippen LogP contribution >= 0.6 is 0 Å². The molecule has 7 N–H and O–H groups in total. The maximum absolute atomic E-state index is 12.5. The maximum atomic E-state index is 12.5. The van der Waals surface area contributed by atoms with E-state index in [1.807, 2.05) is 30.3 Å². The van der Waals surface area contributed by atoms with Gasteiger partial charge in [-0.1, -0.05) is 36.4 Å². The molecule has 13 heteroatoms. The quantitative estimate of drug-likeness (QED) is 0.250. The van der Waals surface area contributed by atoms with E-state index < -0.39 is 55.4 Å². The van der Waals surface area contributed by atoms with Gasteiger partial charge in [-0.05, 0) is 23.3 Å². The van der Waals surface area contributed by atoms with Crippen LogP contribution in [0.4, 0.5) is 9.59 Å². The molecule has 13 nitrogen and oxygen atoms in total.